The molecule has 3 heterocycles. The standard InChI is InChI=1S/C51H59NO10/c1-3-13-51(60)40-11-12-43(55)36(21-40)16-31-7-6-8-39(18-31)50(14-4-5-15-50)46(57)24-38-20-33(35-17-32(29-53)19-41(22-35)52-28-30(2)54)9-10-34-26-48(58)61-45-27-44(56)37(23-42(34)45)25-47(51)62-49(38)59/h6-8,17-19,22-24,27,30,33-34,36,40,46-47,52-54,56-57,60H,3-5,11-16,20-21,25-26,28-29H2,1-2H3. The Morgan fingerprint density at radius 1 is 0.968 bits per heavy atom. The van der Waals surface area contributed by atoms with Crippen molar-refractivity contribution in [1.29, 1.82) is 0 Å². The van der Waals surface area contributed by atoms with Gasteiger partial charge in [-0.05, 0) is 110 Å². The van der Waals surface area contributed by atoms with Crippen LogP contribution in [-0.2, 0) is 44.0 Å². The fraction of sp³-hybridized carbons (Fsp3) is 0.510. The number of aliphatic hydroxyl groups is 4. The van der Waals surface area contributed by atoms with Gasteiger partial charge in [-0.2, -0.15) is 0 Å². The van der Waals surface area contributed by atoms with Crippen LogP contribution in [0.15, 0.2) is 66.2 Å². The zero-order valence-corrected chi connectivity index (χ0v) is 35.7. The highest BCUT2D eigenvalue weighted by atomic mass is 16.6. The quantitative estimate of drug-likeness (QED) is 0.0858. The minimum atomic E-state index is -1.62. The van der Waals surface area contributed by atoms with E-state index < -0.39 is 59.0 Å². The van der Waals surface area contributed by atoms with Gasteiger partial charge in [0.15, 0.2) is 0 Å². The maximum Gasteiger partial charge on any atom is 0.334 e. The van der Waals surface area contributed by atoms with Crippen molar-refractivity contribution in [2.75, 3.05) is 11.9 Å². The van der Waals surface area contributed by atoms with Gasteiger partial charge in [0.25, 0.3) is 0 Å². The molecule has 2 aliphatic carbocycles. The van der Waals surface area contributed by atoms with E-state index in [2.05, 4.69) is 23.2 Å². The number of ether oxygens (including phenoxy) is 2. The van der Waals surface area contributed by atoms with E-state index in [1.807, 2.05) is 37.3 Å². The van der Waals surface area contributed by atoms with E-state index in [9.17, 15) is 35.1 Å². The largest absolute Gasteiger partial charge is 0.508 e. The molecule has 1 spiro atoms. The molecule has 2 fully saturated rings. The second-order valence-electron chi connectivity index (χ2n) is 18.5. The first-order chi connectivity index (χ1) is 29.8. The second kappa shape index (κ2) is 18.0. The summed E-state index contributed by atoms with van der Waals surface area (Å²) in [5, 5.41) is 61.1. The number of aromatic hydroxyl groups is 1. The van der Waals surface area contributed by atoms with Crippen molar-refractivity contribution in [3.63, 3.8) is 0 Å². The number of fused-ring (bicyclic) bond motifs is 9. The summed E-state index contributed by atoms with van der Waals surface area (Å²) in [5.41, 5.74) is 2.55. The van der Waals surface area contributed by atoms with E-state index in [1.165, 1.54) is 6.07 Å². The molecule has 3 aromatic rings. The lowest BCUT2D eigenvalue weighted by molar-refractivity contribution is -0.176. The molecule has 8 atom stereocenters. The van der Waals surface area contributed by atoms with Gasteiger partial charge in [-0.3, -0.25) is 9.59 Å². The maximum atomic E-state index is 15.2. The van der Waals surface area contributed by atoms with Crippen molar-refractivity contribution in [3.05, 3.63) is 99.6 Å². The topological polar surface area (TPSA) is 183 Å². The van der Waals surface area contributed by atoms with Crippen molar-refractivity contribution in [2.24, 2.45) is 11.8 Å². The molecule has 328 valence electrons. The van der Waals surface area contributed by atoms with Crippen LogP contribution in [0.25, 0.3) is 0 Å². The first kappa shape index (κ1) is 43.7. The summed E-state index contributed by atoms with van der Waals surface area (Å²) >= 11 is 0. The lowest BCUT2D eigenvalue weighted by Gasteiger charge is -2.45. The summed E-state index contributed by atoms with van der Waals surface area (Å²) in [4.78, 5) is 42.0. The first-order valence-electron chi connectivity index (χ1n) is 22.5. The highest BCUT2D eigenvalue weighted by molar-refractivity contribution is 5.89. The predicted molar refractivity (Wildman–Crippen MR) is 232 cm³/mol. The van der Waals surface area contributed by atoms with Gasteiger partial charge in [0.1, 0.15) is 29.0 Å². The second-order valence-corrected chi connectivity index (χ2v) is 18.5. The van der Waals surface area contributed by atoms with Gasteiger partial charge >= 0.3 is 11.9 Å². The van der Waals surface area contributed by atoms with Gasteiger partial charge in [-0.15, -0.1) is 0 Å². The van der Waals surface area contributed by atoms with Crippen LogP contribution in [0.4, 0.5) is 5.69 Å². The van der Waals surface area contributed by atoms with Gasteiger partial charge in [0.2, 0.25) is 0 Å². The molecule has 11 heteroatoms. The van der Waals surface area contributed by atoms with Crippen LogP contribution >= 0.6 is 0 Å². The predicted octanol–water partition coefficient (Wildman–Crippen LogP) is 6.59. The number of phenolic OH excluding ortho intramolecular Hbond substituents is 1. The Bertz CT molecular complexity index is 2300. The molecule has 3 aromatic carbocycles. The number of aliphatic hydroxyl groups excluding tert-OH is 3. The monoisotopic (exact) mass is 845 g/mol. The van der Waals surface area contributed by atoms with E-state index in [-0.39, 0.29) is 74.0 Å². The number of phenols is 1. The molecule has 62 heavy (non-hydrogen) atoms. The molecule has 3 aliphatic heterocycles. The number of esters is 2. The van der Waals surface area contributed by atoms with Crippen molar-refractivity contribution < 1.29 is 49.4 Å². The van der Waals surface area contributed by atoms with E-state index in [1.54, 1.807) is 25.1 Å². The Morgan fingerprint density at radius 3 is 2.52 bits per heavy atom. The lowest BCUT2D eigenvalue weighted by Crippen LogP contribution is -2.54. The normalized spacial score (nSPS) is 28.7. The summed E-state index contributed by atoms with van der Waals surface area (Å²) < 4.78 is 12.3. The highest BCUT2D eigenvalue weighted by Crippen LogP contribution is 2.48. The number of nitrogens with one attached hydrogen (secondary N) is 1. The molecule has 0 aromatic heterocycles. The molecule has 0 saturated heterocycles. The van der Waals surface area contributed by atoms with Crippen LogP contribution < -0.4 is 10.1 Å². The number of carbonyl (C=O) groups excluding carboxylic acids is 3. The van der Waals surface area contributed by atoms with Crippen LogP contribution in [-0.4, -0.2) is 73.7 Å². The summed E-state index contributed by atoms with van der Waals surface area (Å²) in [6.07, 6.45) is 3.91. The van der Waals surface area contributed by atoms with Gasteiger partial charge in [-0.1, -0.05) is 68.4 Å². The Balaban J connectivity index is 1.36. The van der Waals surface area contributed by atoms with Gasteiger partial charge < -0.3 is 40.3 Å². The molecule has 2 saturated carbocycles. The molecule has 5 aliphatic rings. The average molecular weight is 846 g/mol. The molecule has 8 rings (SSSR count). The fourth-order valence-corrected chi connectivity index (χ4v) is 10.9. The minimum Gasteiger partial charge on any atom is -0.508 e. The third-order valence-corrected chi connectivity index (χ3v) is 14.2. The number of carbonyl (C=O) groups is 3. The number of Topliss-reactive ketones (excluding diaryl/α,β-unsaturated/α-hetero) is 1. The zero-order valence-electron chi connectivity index (χ0n) is 35.7. The fourth-order valence-electron chi connectivity index (χ4n) is 10.9. The van der Waals surface area contributed by atoms with Crippen LogP contribution in [0.1, 0.15) is 130 Å². The van der Waals surface area contributed by atoms with Crippen molar-refractivity contribution >= 4 is 23.4 Å². The van der Waals surface area contributed by atoms with Crippen LogP contribution in [0.5, 0.6) is 11.5 Å². The molecule has 0 amide bonds. The number of hydrogen-bond donors (Lipinski definition) is 6. The average Bonchev–Trinajstić information content (AvgIpc) is 3.76. The van der Waals surface area contributed by atoms with E-state index >= 15 is 4.79 Å². The summed E-state index contributed by atoms with van der Waals surface area (Å²) in [6.45, 7) is 3.57. The minimum absolute atomic E-state index is 0.0322. The van der Waals surface area contributed by atoms with Crippen LogP contribution in [0, 0.1) is 23.7 Å². The summed E-state index contributed by atoms with van der Waals surface area (Å²) in [5.74, 6) is 3.42. The Morgan fingerprint density at radius 2 is 1.76 bits per heavy atom. The number of rotatable bonds is 7. The smallest absolute Gasteiger partial charge is 0.334 e. The number of anilines is 1. The van der Waals surface area contributed by atoms with E-state index in [0.717, 1.165) is 24.0 Å². The van der Waals surface area contributed by atoms with E-state index in [4.69, 9.17) is 9.47 Å². The molecule has 8 unspecified atom stereocenters. The van der Waals surface area contributed by atoms with Gasteiger partial charge in [0, 0.05) is 59.5 Å². The maximum absolute atomic E-state index is 15.2. The SMILES string of the molecule is CCCC1(O)C2CCC(=O)C(Cc3cccc(c3)C3(CCCC3)C(O)C=C3CC(c4cc(CO)cc(NCC(C)O)c4)C#CC4CC(=O)Oc5cc(O)c(cc54)CC1OC3=O)C2. The Labute approximate surface area is 363 Å². The molecule has 0 radical (unpaired) electrons. The number of hydrogen-bond acceptors (Lipinski definition) is 11. The van der Waals surface area contributed by atoms with Crippen LogP contribution in [0.3, 0.4) is 0 Å². The molecule has 11 nitrogen and oxygen atoms in total. The van der Waals surface area contributed by atoms with Crippen molar-refractivity contribution in [1.82, 2.24) is 0 Å². The number of ketones is 1. The molecular formula is C51H59NO10. The third kappa shape index (κ3) is 8.80. The van der Waals surface area contributed by atoms with Crippen molar-refractivity contribution in [2.45, 2.75) is 145 Å². The summed E-state index contributed by atoms with van der Waals surface area (Å²) in [6, 6.07) is 16.7. The summed E-state index contributed by atoms with van der Waals surface area (Å²) in [7, 11) is 0. The van der Waals surface area contributed by atoms with Crippen molar-refractivity contribution in [3.8, 4) is 23.3 Å². The van der Waals surface area contributed by atoms with Gasteiger partial charge in [-0.25, -0.2) is 4.79 Å². The zero-order chi connectivity index (χ0) is 43.8. The van der Waals surface area contributed by atoms with Gasteiger partial charge in [0.05, 0.1) is 31.2 Å². The third-order valence-electron chi connectivity index (χ3n) is 14.2. The molecular weight excluding hydrogens is 787 g/mol. The lowest BCUT2D eigenvalue weighted by atomic mass is 9.66. The molecule has 8 bridgehead atoms. The number of benzene rings is 3. The van der Waals surface area contributed by atoms with Crippen LogP contribution in [0.2, 0.25) is 0 Å². The Hall–Kier alpha value is -4.99. The van der Waals surface area contributed by atoms with E-state index in [0.29, 0.717) is 66.5 Å². The molecule has 6 N–H and O–H groups in total. The first-order valence-corrected chi connectivity index (χ1v) is 22.5. The Kier molecular flexibility index (Phi) is 12.7. The highest BCUT2D eigenvalue weighted by Gasteiger charge is 2.50.